The smallest absolute Gasteiger partial charge is 0.307 e. The number of furan rings is 1. The maximum Gasteiger partial charge on any atom is 0.307 e. The molecule has 1 aromatic heterocycles. The third kappa shape index (κ3) is 4.53. The number of anilines is 1. The van der Waals surface area contributed by atoms with Gasteiger partial charge in [0.15, 0.2) is 17.1 Å². The summed E-state index contributed by atoms with van der Waals surface area (Å²) in [6.45, 7) is 9.07. The number of methoxy groups -OCH3 is 1. The number of nitro benzene ring substituents is 1. The molecule has 1 amide bonds. The molecule has 0 bridgehead atoms. The molecule has 0 saturated heterocycles. The molecule has 0 unspecified atom stereocenters. The molecular weight excluding hydrogens is 467 g/mol. The van der Waals surface area contributed by atoms with Crippen molar-refractivity contribution in [1.82, 2.24) is 5.43 Å². The van der Waals surface area contributed by atoms with Crippen molar-refractivity contribution >= 4 is 40.0 Å². The molecule has 0 aliphatic carbocycles. The van der Waals surface area contributed by atoms with Crippen LogP contribution in [0.5, 0.6) is 5.75 Å². The van der Waals surface area contributed by atoms with Crippen molar-refractivity contribution < 1.29 is 23.3 Å². The van der Waals surface area contributed by atoms with Crippen LogP contribution in [0.15, 0.2) is 45.9 Å². The molecule has 1 aliphatic heterocycles. The molecule has 36 heavy (non-hydrogen) atoms. The minimum Gasteiger partial charge on any atom is -0.493 e. The molecule has 0 atom stereocenters. The van der Waals surface area contributed by atoms with Crippen LogP contribution in [0.4, 0.5) is 15.8 Å². The number of fused-ring (bicyclic) bond motifs is 2. The highest BCUT2D eigenvalue weighted by molar-refractivity contribution is 5.98. The summed E-state index contributed by atoms with van der Waals surface area (Å²) in [6.07, 6.45) is 4.32. The number of non-ortho nitro benzene ring substituents is 1. The van der Waals surface area contributed by atoms with E-state index in [-0.39, 0.29) is 33.9 Å². The molecule has 188 valence electrons. The van der Waals surface area contributed by atoms with Gasteiger partial charge in [0.25, 0.3) is 5.69 Å². The zero-order valence-electron chi connectivity index (χ0n) is 20.7. The number of nitro groups is 1. The number of hydrazone groups is 1. The maximum atomic E-state index is 15.0. The van der Waals surface area contributed by atoms with E-state index in [2.05, 4.69) is 42.3 Å². The molecule has 0 fully saturated rings. The first-order chi connectivity index (χ1) is 17.1. The molecule has 9 nitrogen and oxygen atoms in total. The molecule has 1 aliphatic rings. The lowest BCUT2D eigenvalue weighted by atomic mass is 9.88. The van der Waals surface area contributed by atoms with Crippen LogP contribution in [0.2, 0.25) is 0 Å². The van der Waals surface area contributed by atoms with E-state index < -0.39 is 16.6 Å². The molecule has 0 saturated carbocycles. The van der Waals surface area contributed by atoms with Crippen LogP contribution in [0, 0.1) is 15.9 Å². The second-order valence-electron chi connectivity index (χ2n) is 9.16. The van der Waals surface area contributed by atoms with Gasteiger partial charge >= 0.3 is 5.91 Å². The van der Waals surface area contributed by atoms with Gasteiger partial charge < -0.3 is 14.1 Å². The van der Waals surface area contributed by atoms with Crippen LogP contribution in [-0.4, -0.2) is 36.2 Å². The van der Waals surface area contributed by atoms with Crippen molar-refractivity contribution in [3.8, 4) is 5.75 Å². The van der Waals surface area contributed by atoms with Gasteiger partial charge in [0.05, 0.1) is 29.9 Å². The summed E-state index contributed by atoms with van der Waals surface area (Å²) >= 11 is 0. The number of carbonyl (C=O) groups is 1. The van der Waals surface area contributed by atoms with Crippen LogP contribution in [0.1, 0.15) is 55.8 Å². The van der Waals surface area contributed by atoms with Gasteiger partial charge in [-0.25, -0.2) is 9.82 Å². The number of nitrogens with one attached hydrogen (secondary N) is 1. The second kappa shape index (κ2) is 9.44. The summed E-state index contributed by atoms with van der Waals surface area (Å²) in [5, 5.41) is 15.4. The first-order valence-corrected chi connectivity index (χ1v) is 11.5. The van der Waals surface area contributed by atoms with Crippen molar-refractivity contribution in [2.75, 3.05) is 18.6 Å². The third-order valence-electron chi connectivity index (χ3n) is 6.13. The van der Waals surface area contributed by atoms with Gasteiger partial charge in [-0.3, -0.25) is 14.9 Å². The van der Waals surface area contributed by atoms with E-state index in [1.165, 1.54) is 37.6 Å². The zero-order chi connectivity index (χ0) is 26.2. The Morgan fingerprint density at radius 3 is 2.72 bits per heavy atom. The van der Waals surface area contributed by atoms with E-state index in [1.54, 1.807) is 6.07 Å². The van der Waals surface area contributed by atoms with Gasteiger partial charge in [0, 0.05) is 34.8 Å². The van der Waals surface area contributed by atoms with Crippen LogP contribution in [0.3, 0.4) is 0 Å². The predicted molar refractivity (Wildman–Crippen MR) is 136 cm³/mol. The van der Waals surface area contributed by atoms with E-state index >= 15 is 4.39 Å². The SMILES string of the molecule is CCCN1c2cc(F)c(/C=N\NC(=O)c3cc4cc([N+](=O)[O-])cc(OC)c4o3)cc2C(C)=CC1(C)C. The molecule has 2 heterocycles. The van der Waals surface area contributed by atoms with Crippen LogP contribution in [0.25, 0.3) is 16.5 Å². The Kier molecular flexibility index (Phi) is 6.53. The van der Waals surface area contributed by atoms with E-state index in [9.17, 15) is 14.9 Å². The number of hydrogen-bond donors (Lipinski definition) is 1. The lowest BCUT2D eigenvalue weighted by Gasteiger charge is -2.43. The summed E-state index contributed by atoms with van der Waals surface area (Å²) in [7, 11) is 1.34. The maximum absolute atomic E-state index is 15.0. The Labute approximate surface area is 207 Å². The van der Waals surface area contributed by atoms with Gasteiger partial charge in [0.1, 0.15) is 5.82 Å². The largest absolute Gasteiger partial charge is 0.493 e. The first-order valence-electron chi connectivity index (χ1n) is 11.5. The van der Waals surface area contributed by atoms with Crippen molar-refractivity contribution in [3.63, 3.8) is 0 Å². The normalized spacial score (nSPS) is 14.6. The minimum atomic E-state index is -0.697. The lowest BCUT2D eigenvalue weighted by molar-refractivity contribution is -0.384. The predicted octanol–water partition coefficient (Wildman–Crippen LogP) is 5.66. The fourth-order valence-electron chi connectivity index (χ4n) is 4.54. The average molecular weight is 495 g/mol. The molecule has 0 spiro atoms. The summed E-state index contributed by atoms with van der Waals surface area (Å²) in [5.41, 5.74) is 5.06. The van der Waals surface area contributed by atoms with Crippen molar-refractivity contribution in [3.05, 3.63) is 69.2 Å². The average Bonchev–Trinajstić information content (AvgIpc) is 3.26. The van der Waals surface area contributed by atoms with E-state index in [1.807, 2.05) is 6.92 Å². The monoisotopic (exact) mass is 494 g/mol. The Morgan fingerprint density at radius 1 is 1.31 bits per heavy atom. The van der Waals surface area contributed by atoms with Crippen molar-refractivity contribution in [1.29, 1.82) is 0 Å². The van der Waals surface area contributed by atoms with E-state index in [0.717, 1.165) is 29.8 Å². The van der Waals surface area contributed by atoms with E-state index in [0.29, 0.717) is 5.39 Å². The number of amides is 1. The highest BCUT2D eigenvalue weighted by Crippen LogP contribution is 2.40. The Hall–Kier alpha value is -4.21. The number of allylic oxidation sites excluding steroid dienone is 1. The number of nitrogens with zero attached hydrogens (tertiary/aromatic N) is 3. The highest BCUT2D eigenvalue weighted by atomic mass is 19.1. The molecule has 4 rings (SSSR count). The number of carbonyl (C=O) groups excluding carboxylic acids is 1. The topological polar surface area (TPSA) is 110 Å². The molecule has 2 aromatic carbocycles. The number of hydrogen-bond acceptors (Lipinski definition) is 7. The Morgan fingerprint density at radius 2 is 2.06 bits per heavy atom. The second-order valence-corrected chi connectivity index (χ2v) is 9.16. The van der Waals surface area contributed by atoms with Gasteiger partial charge in [-0.2, -0.15) is 5.10 Å². The fraction of sp³-hybridized carbons (Fsp3) is 0.308. The summed E-state index contributed by atoms with van der Waals surface area (Å²) in [4.78, 5) is 25.3. The zero-order valence-corrected chi connectivity index (χ0v) is 20.7. The van der Waals surface area contributed by atoms with Gasteiger partial charge in [-0.05, 0) is 51.0 Å². The van der Waals surface area contributed by atoms with E-state index in [4.69, 9.17) is 9.15 Å². The highest BCUT2D eigenvalue weighted by Gasteiger charge is 2.31. The molecule has 3 aromatic rings. The van der Waals surface area contributed by atoms with Gasteiger partial charge in [0.2, 0.25) is 0 Å². The number of benzene rings is 2. The fourth-order valence-corrected chi connectivity index (χ4v) is 4.54. The first kappa shape index (κ1) is 24.9. The lowest BCUT2D eigenvalue weighted by Crippen LogP contribution is -2.45. The Bertz CT molecular complexity index is 1420. The summed E-state index contributed by atoms with van der Waals surface area (Å²) in [6, 6.07) is 7.07. The van der Waals surface area contributed by atoms with Gasteiger partial charge in [-0.15, -0.1) is 0 Å². The summed E-state index contributed by atoms with van der Waals surface area (Å²) in [5.74, 6) is -1.15. The minimum absolute atomic E-state index is 0.122. The number of halogens is 1. The van der Waals surface area contributed by atoms with Crippen molar-refractivity contribution in [2.24, 2.45) is 5.10 Å². The summed E-state index contributed by atoms with van der Waals surface area (Å²) < 4.78 is 25.7. The van der Waals surface area contributed by atoms with Crippen LogP contribution in [-0.2, 0) is 0 Å². The quantitative estimate of drug-likeness (QED) is 0.258. The molecular formula is C26H27FN4O5. The standard InChI is InChI=1S/C26H27FN4O5/c1-6-7-30-21-12-20(27)17(9-19(21)15(2)13-26(30,3)4)14-28-29-25(32)23-10-16-8-18(31(33)34)11-22(35-5)24(16)36-23/h8-14H,6-7H2,1-5H3,(H,29,32)/b28-14-. The molecule has 0 radical (unpaired) electrons. The molecule has 1 N–H and O–H groups in total. The van der Waals surface area contributed by atoms with Gasteiger partial charge in [-0.1, -0.05) is 13.0 Å². The van der Waals surface area contributed by atoms with Crippen LogP contribution < -0.4 is 15.1 Å². The van der Waals surface area contributed by atoms with Crippen LogP contribution >= 0.6 is 0 Å². The third-order valence-corrected chi connectivity index (χ3v) is 6.13. The molecule has 10 heteroatoms. The van der Waals surface area contributed by atoms with Crippen molar-refractivity contribution in [2.45, 2.75) is 39.7 Å². The number of ether oxygens (including phenoxy) is 1. The number of rotatable bonds is 7. The Balaban J connectivity index is 1.58.